The van der Waals surface area contributed by atoms with Gasteiger partial charge in [-0.1, -0.05) is 36.4 Å². The Morgan fingerprint density at radius 2 is 1.60 bits per heavy atom. The van der Waals surface area contributed by atoms with Gasteiger partial charge in [-0.3, -0.25) is 14.6 Å². The summed E-state index contributed by atoms with van der Waals surface area (Å²) in [5.74, 6) is -0.126. The van der Waals surface area contributed by atoms with E-state index in [0.29, 0.717) is 18.7 Å². The van der Waals surface area contributed by atoms with E-state index in [-0.39, 0.29) is 17.8 Å². The second-order valence-electron chi connectivity index (χ2n) is 9.11. The lowest BCUT2D eigenvalue weighted by Crippen LogP contribution is -2.47. The zero-order valence-electron chi connectivity index (χ0n) is 20.7. The summed E-state index contributed by atoms with van der Waals surface area (Å²) in [5, 5.41) is 0. The predicted molar refractivity (Wildman–Crippen MR) is 140 cm³/mol. The van der Waals surface area contributed by atoms with Crippen LogP contribution in [0.25, 0.3) is 0 Å². The molecule has 0 unspecified atom stereocenters. The molecule has 1 heterocycles. The number of benzene rings is 3. The Morgan fingerprint density at radius 1 is 0.914 bits per heavy atom. The maximum atomic E-state index is 13.6. The van der Waals surface area contributed by atoms with Gasteiger partial charge in [0.05, 0.1) is 6.04 Å². The van der Waals surface area contributed by atoms with E-state index in [4.69, 9.17) is 5.73 Å². The van der Waals surface area contributed by atoms with E-state index in [0.717, 1.165) is 55.1 Å². The van der Waals surface area contributed by atoms with Crippen LogP contribution in [-0.2, 0) is 6.54 Å². The van der Waals surface area contributed by atoms with Crippen LogP contribution in [-0.4, -0.2) is 59.9 Å². The van der Waals surface area contributed by atoms with Gasteiger partial charge in [0.15, 0.2) is 0 Å². The molecule has 1 saturated heterocycles. The number of nitrogens with two attached hydrogens (primary N) is 1. The Morgan fingerprint density at radius 3 is 2.23 bits per heavy atom. The fraction of sp³-hybridized carbons (Fsp3) is 0.345. The van der Waals surface area contributed by atoms with Crippen molar-refractivity contribution in [3.05, 3.63) is 101 Å². The molecule has 0 aliphatic carbocycles. The molecule has 0 aromatic heterocycles. The average molecular weight is 475 g/mol. The summed E-state index contributed by atoms with van der Waals surface area (Å²) in [7, 11) is 0. The van der Waals surface area contributed by atoms with Gasteiger partial charge >= 0.3 is 0 Å². The van der Waals surface area contributed by atoms with Gasteiger partial charge in [0.1, 0.15) is 5.82 Å². The summed E-state index contributed by atoms with van der Waals surface area (Å²) in [5.41, 5.74) is 10.9. The lowest BCUT2D eigenvalue weighted by atomic mass is 9.95. The number of nitrogen functional groups attached to an aromatic ring is 1. The van der Waals surface area contributed by atoms with Crippen molar-refractivity contribution >= 4 is 11.6 Å². The summed E-state index contributed by atoms with van der Waals surface area (Å²) in [6, 6.07) is 23.0. The maximum absolute atomic E-state index is 13.6. The quantitative estimate of drug-likeness (QED) is 0.477. The first-order valence-electron chi connectivity index (χ1n) is 12.4. The summed E-state index contributed by atoms with van der Waals surface area (Å²) in [4.78, 5) is 19.5. The number of rotatable bonds is 8. The molecular weight excluding hydrogens is 439 g/mol. The van der Waals surface area contributed by atoms with Crippen molar-refractivity contribution in [2.75, 3.05) is 45.0 Å². The highest BCUT2D eigenvalue weighted by molar-refractivity contribution is 5.94. The van der Waals surface area contributed by atoms with E-state index in [9.17, 15) is 9.18 Å². The van der Waals surface area contributed by atoms with E-state index < -0.39 is 0 Å². The third-order valence-corrected chi connectivity index (χ3v) is 6.82. The molecule has 0 saturated carbocycles. The van der Waals surface area contributed by atoms with Crippen LogP contribution in [0.5, 0.6) is 0 Å². The van der Waals surface area contributed by atoms with Gasteiger partial charge in [-0.25, -0.2) is 4.39 Å². The largest absolute Gasteiger partial charge is 0.399 e. The minimum Gasteiger partial charge on any atom is -0.399 e. The normalized spacial score (nSPS) is 15.6. The lowest BCUT2D eigenvalue weighted by Gasteiger charge is -2.40. The molecular formula is C29H35FN4O. The van der Waals surface area contributed by atoms with Crippen LogP contribution < -0.4 is 5.73 Å². The highest BCUT2D eigenvalue weighted by atomic mass is 19.1. The number of carbonyl (C=O) groups excluding carboxylic acids is 1. The minimum atomic E-state index is -0.189. The van der Waals surface area contributed by atoms with E-state index in [2.05, 4.69) is 28.0 Å². The summed E-state index contributed by atoms with van der Waals surface area (Å²) < 4.78 is 13.6. The molecule has 6 heteroatoms. The monoisotopic (exact) mass is 474 g/mol. The summed E-state index contributed by atoms with van der Waals surface area (Å²) >= 11 is 0. The van der Waals surface area contributed by atoms with E-state index in [1.165, 1.54) is 6.07 Å². The second-order valence-corrected chi connectivity index (χ2v) is 9.11. The molecule has 5 nitrogen and oxygen atoms in total. The zero-order chi connectivity index (χ0) is 24.8. The molecule has 0 radical (unpaired) electrons. The topological polar surface area (TPSA) is 52.8 Å². The van der Waals surface area contributed by atoms with Crippen LogP contribution in [0.4, 0.5) is 10.1 Å². The van der Waals surface area contributed by atoms with Crippen molar-refractivity contribution in [1.82, 2.24) is 14.7 Å². The zero-order valence-corrected chi connectivity index (χ0v) is 20.7. The highest BCUT2D eigenvalue weighted by Crippen LogP contribution is 2.31. The molecule has 3 aromatic carbocycles. The fourth-order valence-electron chi connectivity index (χ4n) is 4.92. The number of nitrogens with zero attached hydrogens (tertiary/aromatic N) is 3. The van der Waals surface area contributed by atoms with Gasteiger partial charge in [-0.15, -0.1) is 0 Å². The van der Waals surface area contributed by atoms with Gasteiger partial charge < -0.3 is 10.6 Å². The molecule has 1 fully saturated rings. The number of hydrogen-bond acceptors (Lipinski definition) is 4. The summed E-state index contributed by atoms with van der Waals surface area (Å²) in [6.45, 7) is 9.70. The molecule has 35 heavy (non-hydrogen) atoms. The first-order valence-corrected chi connectivity index (χ1v) is 12.4. The maximum Gasteiger partial charge on any atom is 0.253 e. The molecule has 184 valence electrons. The van der Waals surface area contributed by atoms with Crippen molar-refractivity contribution in [3.8, 4) is 0 Å². The van der Waals surface area contributed by atoms with Crippen molar-refractivity contribution in [1.29, 1.82) is 0 Å². The molecule has 4 rings (SSSR count). The van der Waals surface area contributed by atoms with Gasteiger partial charge in [0.25, 0.3) is 5.91 Å². The first-order chi connectivity index (χ1) is 17.0. The standard InChI is InChI=1S/C29H35FN4O/c1-3-33(4-2)29(35)24-13-11-23(12-14-24)28(25-8-6-10-27(31)20-25)34-17-15-32(16-18-34)21-22-7-5-9-26(30)19-22/h5-14,19-20,28H,3-4,15-18,21,31H2,1-2H3/t28-/m0/s1. The number of anilines is 1. The van der Waals surface area contributed by atoms with Gasteiger partial charge in [-0.2, -0.15) is 0 Å². The molecule has 1 aliphatic heterocycles. The number of carbonyl (C=O) groups is 1. The van der Waals surface area contributed by atoms with Crippen LogP contribution in [0, 0.1) is 5.82 Å². The average Bonchev–Trinajstić information content (AvgIpc) is 2.86. The Hall–Kier alpha value is -3.22. The van der Waals surface area contributed by atoms with Crippen molar-refractivity contribution in [2.45, 2.75) is 26.4 Å². The molecule has 1 atom stereocenters. The highest BCUT2D eigenvalue weighted by Gasteiger charge is 2.27. The third-order valence-electron chi connectivity index (χ3n) is 6.82. The van der Waals surface area contributed by atoms with Crippen LogP contribution in [0.3, 0.4) is 0 Å². The molecule has 2 N–H and O–H groups in total. The minimum absolute atomic E-state index is 0.0485. The smallest absolute Gasteiger partial charge is 0.253 e. The molecule has 1 aliphatic rings. The lowest BCUT2D eigenvalue weighted by molar-refractivity contribution is 0.0773. The Labute approximate surface area is 208 Å². The van der Waals surface area contributed by atoms with Gasteiger partial charge in [-0.05, 0) is 66.9 Å². The van der Waals surface area contributed by atoms with Gasteiger partial charge in [0, 0.05) is 57.1 Å². The van der Waals surface area contributed by atoms with Gasteiger partial charge in [0.2, 0.25) is 0 Å². The van der Waals surface area contributed by atoms with E-state index in [1.54, 1.807) is 12.1 Å². The van der Waals surface area contributed by atoms with Crippen molar-refractivity contribution < 1.29 is 9.18 Å². The number of halogens is 1. The fourth-order valence-corrected chi connectivity index (χ4v) is 4.92. The number of hydrogen-bond donors (Lipinski definition) is 1. The molecule has 3 aromatic rings. The number of piperazine rings is 1. The van der Waals surface area contributed by atoms with Crippen LogP contribution in [0.1, 0.15) is 46.9 Å². The second kappa shape index (κ2) is 11.5. The Kier molecular flexibility index (Phi) is 8.16. The molecule has 1 amide bonds. The summed E-state index contributed by atoms with van der Waals surface area (Å²) in [6.07, 6.45) is 0. The number of amides is 1. The van der Waals surface area contributed by atoms with Crippen LogP contribution >= 0.6 is 0 Å². The predicted octanol–water partition coefficient (Wildman–Crippen LogP) is 4.80. The van der Waals surface area contributed by atoms with E-state index >= 15 is 0 Å². The molecule has 0 bridgehead atoms. The Balaban J connectivity index is 1.53. The van der Waals surface area contributed by atoms with E-state index in [1.807, 2.05) is 55.1 Å². The van der Waals surface area contributed by atoms with Crippen LogP contribution in [0.2, 0.25) is 0 Å². The molecule has 0 spiro atoms. The first kappa shape index (κ1) is 24.9. The Bertz CT molecular complexity index is 1120. The SMILES string of the molecule is CCN(CC)C(=O)c1ccc([C@@H](c2cccc(N)c2)N2CCN(Cc3cccc(F)c3)CC2)cc1. The van der Waals surface area contributed by atoms with Crippen LogP contribution in [0.15, 0.2) is 72.8 Å². The third kappa shape index (κ3) is 6.08. The van der Waals surface area contributed by atoms with Crippen molar-refractivity contribution in [2.24, 2.45) is 0 Å². The van der Waals surface area contributed by atoms with Crippen molar-refractivity contribution in [3.63, 3.8) is 0 Å².